The minimum atomic E-state index is -3.56. The van der Waals surface area contributed by atoms with Gasteiger partial charge in [0.1, 0.15) is 0 Å². The van der Waals surface area contributed by atoms with E-state index in [1.165, 1.54) is 10.7 Å². The molecular weight excluding hydrogens is 340 g/mol. The quantitative estimate of drug-likeness (QED) is 0.877. The summed E-state index contributed by atoms with van der Waals surface area (Å²) in [6, 6.07) is 7.31. The Morgan fingerprint density at radius 2 is 2.00 bits per heavy atom. The van der Waals surface area contributed by atoms with Gasteiger partial charge in [0.05, 0.1) is 23.0 Å². The standard InChI is InChI=1S/C18H24N2O4S/c1-12-5-2-3-8-17(12)25(22,23)20-10-14-9-15(16(11-20)24-14)18(21)19-13-6-4-7-13/h2-3,5,8,13-16H,4,6-7,9-11H2,1H3,(H,19,21)/t14-,15+,16-/m0/s1. The van der Waals surface area contributed by atoms with E-state index in [4.69, 9.17) is 4.74 Å². The molecule has 136 valence electrons. The topological polar surface area (TPSA) is 75.7 Å². The van der Waals surface area contributed by atoms with Crippen LogP contribution >= 0.6 is 0 Å². The van der Waals surface area contributed by atoms with Crippen LogP contribution in [0.4, 0.5) is 0 Å². The molecule has 2 saturated heterocycles. The highest BCUT2D eigenvalue weighted by Gasteiger charge is 2.48. The van der Waals surface area contributed by atoms with E-state index in [1.54, 1.807) is 25.1 Å². The molecule has 1 amide bonds. The first-order chi connectivity index (χ1) is 11.9. The maximum Gasteiger partial charge on any atom is 0.243 e. The number of fused-ring (bicyclic) bond motifs is 2. The lowest BCUT2D eigenvalue weighted by Crippen LogP contribution is -2.49. The second kappa shape index (κ2) is 6.37. The maximum absolute atomic E-state index is 13.0. The summed E-state index contributed by atoms with van der Waals surface area (Å²) < 4.78 is 33.4. The molecule has 2 bridgehead atoms. The van der Waals surface area contributed by atoms with Crippen molar-refractivity contribution in [3.05, 3.63) is 29.8 Å². The minimum absolute atomic E-state index is 0.0207. The molecule has 1 aromatic rings. The molecular formula is C18H24N2O4S. The predicted octanol–water partition coefficient (Wildman–Crippen LogP) is 1.44. The number of ether oxygens (including phenoxy) is 1. The van der Waals surface area contributed by atoms with Crippen LogP contribution in [0.5, 0.6) is 0 Å². The van der Waals surface area contributed by atoms with Gasteiger partial charge in [0, 0.05) is 19.1 Å². The lowest BCUT2D eigenvalue weighted by atomic mass is 9.91. The predicted molar refractivity (Wildman–Crippen MR) is 92.5 cm³/mol. The number of rotatable bonds is 4. The second-order valence-electron chi connectivity index (χ2n) is 7.36. The first-order valence-electron chi connectivity index (χ1n) is 8.97. The molecule has 1 aliphatic carbocycles. The first kappa shape index (κ1) is 17.0. The summed E-state index contributed by atoms with van der Waals surface area (Å²) in [7, 11) is -3.56. The molecule has 1 aromatic carbocycles. The highest BCUT2D eigenvalue weighted by atomic mass is 32.2. The Hall–Kier alpha value is -1.44. The van der Waals surface area contributed by atoms with Gasteiger partial charge in [0.15, 0.2) is 0 Å². The number of carbonyl (C=O) groups is 1. The normalized spacial score (nSPS) is 30.0. The zero-order valence-corrected chi connectivity index (χ0v) is 15.2. The smallest absolute Gasteiger partial charge is 0.243 e. The number of nitrogens with one attached hydrogen (secondary N) is 1. The number of nitrogens with zero attached hydrogens (tertiary/aromatic N) is 1. The maximum atomic E-state index is 13.0. The van der Waals surface area contributed by atoms with Crippen molar-refractivity contribution in [1.82, 2.24) is 9.62 Å². The molecule has 4 rings (SSSR count). The highest BCUT2D eigenvalue weighted by molar-refractivity contribution is 7.89. The summed E-state index contributed by atoms with van der Waals surface area (Å²) in [5.41, 5.74) is 0.737. The summed E-state index contributed by atoms with van der Waals surface area (Å²) in [5, 5.41) is 3.08. The average Bonchev–Trinajstić information content (AvgIpc) is 2.85. The van der Waals surface area contributed by atoms with E-state index in [0.29, 0.717) is 23.9 Å². The third kappa shape index (κ3) is 3.09. The lowest BCUT2D eigenvalue weighted by Gasteiger charge is -2.33. The molecule has 1 N–H and O–H groups in total. The van der Waals surface area contributed by atoms with Gasteiger partial charge >= 0.3 is 0 Å². The monoisotopic (exact) mass is 364 g/mol. The number of benzene rings is 1. The molecule has 25 heavy (non-hydrogen) atoms. The number of morpholine rings is 1. The van der Waals surface area contributed by atoms with Crippen molar-refractivity contribution < 1.29 is 17.9 Å². The third-order valence-electron chi connectivity index (χ3n) is 5.62. The number of hydrogen-bond acceptors (Lipinski definition) is 4. The molecule has 2 aliphatic heterocycles. The zero-order chi connectivity index (χ0) is 17.6. The molecule has 3 atom stereocenters. The average molecular weight is 364 g/mol. The Balaban J connectivity index is 1.50. The molecule has 0 radical (unpaired) electrons. The Morgan fingerprint density at radius 3 is 2.68 bits per heavy atom. The summed E-state index contributed by atoms with van der Waals surface area (Å²) in [5.74, 6) is -0.227. The third-order valence-corrected chi connectivity index (χ3v) is 7.62. The number of sulfonamides is 1. The van der Waals surface area contributed by atoms with E-state index in [1.807, 2.05) is 6.07 Å². The molecule has 3 fully saturated rings. The van der Waals surface area contributed by atoms with Crippen LogP contribution in [-0.2, 0) is 19.6 Å². The fourth-order valence-corrected chi connectivity index (χ4v) is 5.65. The van der Waals surface area contributed by atoms with Crippen molar-refractivity contribution in [3.8, 4) is 0 Å². The van der Waals surface area contributed by atoms with E-state index in [-0.39, 0.29) is 30.6 Å². The van der Waals surface area contributed by atoms with E-state index in [9.17, 15) is 13.2 Å². The molecule has 1 saturated carbocycles. The Bertz CT molecular complexity index is 775. The summed E-state index contributed by atoms with van der Waals surface area (Å²) in [6.07, 6.45) is 3.30. The summed E-state index contributed by atoms with van der Waals surface area (Å²) >= 11 is 0. The Labute approximate surface area is 148 Å². The fourth-order valence-electron chi connectivity index (χ4n) is 3.94. The van der Waals surface area contributed by atoms with Crippen molar-refractivity contribution in [2.24, 2.45) is 5.92 Å². The van der Waals surface area contributed by atoms with Gasteiger partial charge in [0.2, 0.25) is 15.9 Å². The van der Waals surface area contributed by atoms with E-state index >= 15 is 0 Å². The first-order valence-corrected chi connectivity index (χ1v) is 10.4. The Kier molecular flexibility index (Phi) is 4.33. The van der Waals surface area contributed by atoms with E-state index in [2.05, 4.69) is 5.32 Å². The van der Waals surface area contributed by atoms with Gasteiger partial charge in [0.25, 0.3) is 0 Å². The zero-order valence-electron chi connectivity index (χ0n) is 14.3. The number of amides is 1. The second-order valence-corrected chi connectivity index (χ2v) is 9.27. The van der Waals surface area contributed by atoms with Crippen LogP contribution in [0, 0.1) is 12.8 Å². The van der Waals surface area contributed by atoms with Crippen molar-refractivity contribution in [2.45, 2.75) is 55.8 Å². The molecule has 0 aromatic heterocycles. The number of carbonyl (C=O) groups excluding carboxylic acids is 1. The van der Waals surface area contributed by atoms with Gasteiger partial charge in [-0.1, -0.05) is 18.2 Å². The van der Waals surface area contributed by atoms with Crippen LogP contribution < -0.4 is 5.32 Å². The van der Waals surface area contributed by atoms with Crippen LogP contribution in [0.15, 0.2) is 29.2 Å². The minimum Gasteiger partial charge on any atom is -0.371 e. The van der Waals surface area contributed by atoms with Crippen molar-refractivity contribution >= 4 is 15.9 Å². The van der Waals surface area contributed by atoms with Crippen LogP contribution in [0.1, 0.15) is 31.2 Å². The van der Waals surface area contributed by atoms with Crippen molar-refractivity contribution in [3.63, 3.8) is 0 Å². The molecule has 7 heteroatoms. The van der Waals surface area contributed by atoms with E-state index < -0.39 is 10.0 Å². The summed E-state index contributed by atoms with van der Waals surface area (Å²) in [4.78, 5) is 12.9. The summed E-state index contributed by atoms with van der Waals surface area (Å²) in [6.45, 7) is 2.37. The molecule has 3 aliphatic rings. The highest BCUT2D eigenvalue weighted by Crippen LogP contribution is 2.35. The number of aryl methyl sites for hydroxylation is 1. The fraction of sp³-hybridized carbons (Fsp3) is 0.611. The van der Waals surface area contributed by atoms with Crippen LogP contribution in [-0.4, -0.2) is 50.0 Å². The van der Waals surface area contributed by atoms with Gasteiger partial charge in [-0.15, -0.1) is 0 Å². The van der Waals surface area contributed by atoms with Gasteiger partial charge < -0.3 is 10.1 Å². The number of hydrogen-bond donors (Lipinski definition) is 1. The van der Waals surface area contributed by atoms with Crippen LogP contribution in [0.25, 0.3) is 0 Å². The van der Waals surface area contributed by atoms with E-state index in [0.717, 1.165) is 18.4 Å². The van der Waals surface area contributed by atoms with Crippen LogP contribution in [0.2, 0.25) is 0 Å². The molecule has 0 unspecified atom stereocenters. The van der Waals surface area contributed by atoms with Gasteiger partial charge in [-0.05, 0) is 44.2 Å². The lowest BCUT2D eigenvalue weighted by molar-refractivity contribution is -0.128. The van der Waals surface area contributed by atoms with Gasteiger partial charge in [-0.2, -0.15) is 4.31 Å². The largest absolute Gasteiger partial charge is 0.371 e. The van der Waals surface area contributed by atoms with Crippen LogP contribution in [0.3, 0.4) is 0 Å². The molecule has 2 heterocycles. The molecule has 6 nitrogen and oxygen atoms in total. The molecule has 0 spiro atoms. The van der Waals surface area contributed by atoms with Crippen molar-refractivity contribution in [2.75, 3.05) is 13.1 Å². The van der Waals surface area contributed by atoms with Gasteiger partial charge in [-0.25, -0.2) is 8.42 Å². The van der Waals surface area contributed by atoms with Crippen molar-refractivity contribution in [1.29, 1.82) is 0 Å². The SMILES string of the molecule is Cc1ccccc1S(=O)(=O)N1C[C@@H]2C[C@@H](C(=O)NC3CCC3)[C@H](C1)O2. The van der Waals surface area contributed by atoms with Gasteiger partial charge in [-0.3, -0.25) is 4.79 Å². The Morgan fingerprint density at radius 1 is 1.24 bits per heavy atom.